The molecule has 3 N–H and O–H groups in total. The second-order valence-corrected chi connectivity index (χ2v) is 7.10. The Balaban J connectivity index is 1.26. The maximum absolute atomic E-state index is 5.86. The van der Waals surface area contributed by atoms with Crippen LogP contribution in [0.25, 0.3) is 11.3 Å². The van der Waals surface area contributed by atoms with Gasteiger partial charge in [0.2, 0.25) is 0 Å². The fourth-order valence-electron chi connectivity index (χ4n) is 3.18. The van der Waals surface area contributed by atoms with Crippen molar-refractivity contribution in [3.8, 4) is 22.8 Å². The fourth-order valence-corrected chi connectivity index (χ4v) is 3.18. The lowest BCUT2D eigenvalue weighted by Gasteiger charge is -2.07. The Kier molecular flexibility index (Phi) is 6.30. The van der Waals surface area contributed by atoms with Gasteiger partial charge in [-0.15, -0.1) is 0 Å². The number of benzene rings is 3. The Morgan fingerprint density at radius 1 is 0.800 bits per heavy atom. The highest BCUT2D eigenvalue weighted by Crippen LogP contribution is 2.22. The maximum Gasteiger partial charge on any atom is 0.130 e. The number of hydrogen-bond donors (Lipinski definition) is 2. The maximum atomic E-state index is 5.86. The van der Waals surface area contributed by atoms with Gasteiger partial charge in [0.1, 0.15) is 18.1 Å². The molecule has 0 amide bonds. The van der Waals surface area contributed by atoms with Crippen LogP contribution in [0, 0.1) is 0 Å². The minimum Gasteiger partial charge on any atom is -0.494 e. The van der Waals surface area contributed by atoms with Crippen LogP contribution in [0.2, 0.25) is 0 Å². The Bertz CT molecular complexity index is 1060. The summed E-state index contributed by atoms with van der Waals surface area (Å²) in [5.41, 5.74) is 10.6. The number of H-pyrrole nitrogens is 1. The summed E-state index contributed by atoms with van der Waals surface area (Å²) in [4.78, 5) is 0. The van der Waals surface area contributed by atoms with Crippen molar-refractivity contribution in [3.63, 3.8) is 0 Å². The van der Waals surface area contributed by atoms with Gasteiger partial charge in [0.05, 0.1) is 18.0 Å². The second kappa shape index (κ2) is 9.65. The molecule has 0 aliphatic carbocycles. The van der Waals surface area contributed by atoms with Crippen LogP contribution in [0.3, 0.4) is 0 Å². The Labute approximate surface area is 176 Å². The van der Waals surface area contributed by atoms with Gasteiger partial charge in [-0.1, -0.05) is 36.4 Å². The Morgan fingerprint density at radius 2 is 1.63 bits per heavy atom. The molecule has 0 spiro atoms. The second-order valence-electron chi connectivity index (χ2n) is 7.10. The van der Waals surface area contributed by atoms with Crippen molar-refractivity contribution >= 4 is 5.69 Å². The number of nitrogens with zero attached hydrogens (tertiary/aromatic N) is 1. The zero-order valence-corrected chi connectivity index (χ0v) is 16.8. The van der Waals surface area contributed by atoms with Crippen LogP contribution in [0.5, 0.6) is 11.5 Å². The first-order valence-corrected chi connectivity index (χ1v) is 10.1. The van der Waals surface area contributed by atoms with Crippen molar-refractivity contribution in [2.45, 2.75) is 19.4 Å². The van der Waals surface area contributed by atoms with E-state index in [1.165, 1.54) is 5.56 Å². The molecule has 0 aliphatic heterocycles. The van der Waals surface area contributed by atoms with Crippen molar-refractivity contribution < 1.29 is 9.47 Å². The van der Waals surface area contributed by atoms with Gasteiger partial charge in [0.25, 0.3) is 0 Å². The van der Waals surface area contributed by atoms with Crippen molar-refractivity contribution in [1.29, 1.82) is 0 Å². The van der Waals surface area contributed by atoms with E-state index in [0.717, 1.165) is 41.3 Å². The highest BCUT2D eigenvalue weighted by Gasteiger charge is 2.06. The van der Waals surface area contributed by atoms with Gasteiger partial charge >= 0.3 is 0 Å². The smallest absolute Gasteiger partial charge is 0.130 e. The number of nitrogen functional groups attached to an aromatic ring is 1. The lowest BCUT2D eigenvalue weighted by Crippen LogP contribution is -1.99. The molecule has 0 saturated heterocycles. The third kappa shape index (κ3) is 5.41. The minimum absolute atomic E-state index is 0.402. The average Bonchev–Trinajstić information content (AvgIpc) is 3.26. The van der Waals surface area contributed by atoms with Gasteiger partial charge in [0, 0.05) is 17.3 Å². The van der Waals surface area contributed by atoms with Crippen LogP contribution in [0.4, 0.5) is 5.69 Å². The largest absolute Gasteiger partial charge is 0.494 e. The van der Waals surface area contributed by atoms with E-state index >= 15 is 0 Å². The molecule has 0 aliphatic rings. The molecule has 3 aromatic carbocycles. The van der Waals surface area contributed by atoms with Gasteiger partial charge in [-0.2, -0.15) is 5.10 Å². The summed E-state index contributed by atoms with van der Waals surface area (Å²) in [5, 5.41) is 7.41. The van der Waals surface area contributed by atoms with Crippen LogP contribution >= 0.6 is 0 Å². The summed E-state index contributed by atoms with van der Waals surface area (Å²) in [6.07, 6.45) is 2.01. The van der Waals surface area contributed by atoms with Crippen LogP contribution in [-0.4, -0.2) is 16.8 Å². The molecule has 1 heterocycles. The Hall–Kier alpha value is -3.73. The number of aromatic amines is 1. The van der Waals surface area contributed by atoms with Gasteiger partial charge in [0.15, 0.2) is 0 Å². The molecular formula is C25H25N3O2. The van der Waals surface area contributed by atoms with E-state index in [-0.39, 0.29) is 0 Å². The predicted molar refractivity (Wildman–Crippen MR) is 119 cm³/mol. The van der Waals surface area contributed by atoms with Crippen LogP contribution in [-0.2, 0) is 13.0 Å². The van der Waals surface area contributed by atoms with Crippen LogP contribution in [0.15, 0.2) is 84.9 Å². The number of anilines is 1. The van der Waals surface area contributed by atoms with Gasteiger partial charge < -0.3 is 15.2 Å². The molecule has 0 atom stereocenters. The third-order valence-corrected chi connectivity index (χ3v) is 4.75. The molecule has 0 bridgehead atoms. The summed E-state index contributed by atoms with van der Waals surface area (Å²) in [5.74, 6) is 1.60. The number of rotatable bonds is 9. The molecule has 5 nitrogen and oxygen atoms in total. The average molecular weight is 399 g/mol. The summed E-state index contributed by atoms with van der Waals surface area (Å²) < 4.78 is 11.6. The summed E-state index contributed by atoms with van der Waals surface area (Å²) in [6.45, 7) is 1.10. The minimum atomic E-state index is 0.402. The molecule has 30 heavy (non-hydrogen) atoms. The summed E-state index contributed by atoms with van der Waals surface area (Å²) >= 11 is 0. The van der Waals surface area contributed by atoms with Gasteiger partial charge in [-0.05, 0) is 60.9 Å². The zero-order chi connectivity index (χ0) is 20.6. The first-order valence-electron chi connectivity index (χ1n) is 10.1. The molecule has 0 unspecified atom stereocenters. The zero-order valence-electron chi connectivity index (χ0n) is 16.8. The van der Waals surface area contributed by atoms with Gasteiger partial charge in [-0.25, -0.2) is 0 Å². The van der Waals surface area contributed by atoms with Crippen molar-refractivity contribution in [2.75, 3.05) is 12.3 Å². The van der Waals surface area contributed by atoms with E-state index in [9.17, 15) is 0 Å². The molecule has 1 aromatic heterocycles. The summed E-state index contributed by atoms with van der Waals surface area (Å²) in [7, 11) is 0. The highest BCUT2D eigenvalue weighted by atomic mass is 16.5. The quantitative estimate of drug-likeness (QED) is 0.298. The number of aryl methyl sites for hydroxylation is 1. The highest BCUT2D eigenvalue weighted by molar-refractivity contribution is 5.60. The van der Waals surface area contributed by atoms with Crippen LogP contribution < -0.4 is 15.2 Å². The third-order valence-electron chi connectivity index (χ3n) is 4.75. The fraction of sp³-hybridized carbons (Fsp3) is 0.160. The predicted octanol–water partition coefficient (Wildman–Crippen LogP) is 5.25. The number of nitrogens with two attached hydrogens (primary N) is 1. The monoisotopic (exact) mass is 399 g/mol. The SMILES string of the molecule is Nc1cccc(OCc2cc(-c3ccc(OCCCc4ccccc4)cc3)n[nH]2)c1. The summed E-state index contributed by atoms with van der Waals surface area (Å²) in [6, 6.07) is 27.8. The first-order chi connectivity index (χ1) is 14.8. The lowest BCUT2D eigenvalue weighted by atomic mass is 10.1. The standard InChI is InChI=1S/C25H25N3O2/c26-21-9-4-10-24(16-21)30-18-22-17-25(28-27-22)20-11-13-23(14-12-20)29-15-5-8-19-6-2-1-3-7-19/h1-4,6-7,9-14,16-17H,5,8,15,18,26H2,(H,27,28). The molecule has 0 saturated carbocycles. The lowest BCUT2D eigenvalue weighted by molar-refractivity contribution is 0.301. The molecular weight excluding hydrogens is 374 g/mol. The number of hydrogen-bond acceptors (Lipinski definition) is 4. The molecule has 0 radical (unpaired) electrons. The molecule has 4 aromatic rings. The van der Waals surface area contributed by atoms with E-state index < -0.39 is 0 Å². The molecule has 5 heteroatoms. The number of ether oxygens (including phenoxy) is 2. The number of aromatic nitrogens is 2. The Morgan fingerprint density at radius 3 is 2.43 bits per heavy atom. The van der Waals surface area contributed by atoms with Crippen LogP contribution in [0.1, 0.15) is 17.7 Å². The van der Waals surface area contributed by atoms with Crippen molar-refractivity contribution in [1.82, 2.24) is 10.2 Å². The van der Waals surface area contributed by atoms with Gasteiger partial charge in [-0.3, -0.25) is 5.10 Å². The molecule has 4 rings (SSSR count). The molecule has 152 valence electrons. The van der Waals surface area contributed by atoms with E-state index in [1.807, 2.05) is 54.6 Å². The van der Waals surface area contributed by atoms with Crippen molar-refractivity contribution in [3.05, 3.63) is 96.2 Å². The van der Waals surface area contributed by atoms with E-state index in [2.05, 4.69) is 34.5 Å². The molecule has 0 fully saturated rings. The first kappa shape index (κ1) is 19.6. The topological polar surface area (TPSA) is 73.2 Å². The van der Waals surface area contributed by atoms with Crippen molar-refractivity contribution in [2.24, 2.45) is 0 Å². The van der Waals surface area contributed by atoms with E-state index in [4.69, 9.17) is 15.2 Å². The van der Waals surface area contributed by atoms with E-state index in [0.29, 0.717) is 18.9 Å². The van der Waals surface area contributed by atoms with E-state index in [1.54, 1.807) is 6.07 Å². The number of nitrogens with one attached hydrogen (secondary N) is 1. The normalized spacial score (nSPS) is 10.7.